The van der Waals surface area contributed by atoms with Gasteiger partial charge in [-0.3, -0.25) is 9.78 Å². The number of carbonyl (C=O) groups excluding carboxylic acids is 1. The molecule has 5 nitrogen and oxygen atoms in total. The quantitative estimate of drug-likeness (QED) is 0.844. The molecule has 1 fully saturated rings. The number of nitrogens with two attached hydrogens (primary N) is 1. The van der Waals surface area contributed by atoms with Gasteiger partial charge in [0.05, 0.1) is 5.69 Å². The van der Waals surface area contributed by atoms with Crippen LogP contribution in [-0.2, 0) is 11.4 Å². The Labute approximate surface area is 146 Å². The molecule has 1 aromatic carbocycles. The third-order valence-electron chi connectivity index (χ3n) is 4.48. The molecule has 1 amide bonds. The standard InChI is InChI=1S/C19H22FN3O2/c20-16-11-14(23-19(24)10-13-4-3-6-17(13)21)7-8-18(16)25-12-15-5-1-2-9-22-15/h1-2,5,7-9,11,13,17H,3-4,6,10,12,21H2,(H,23,24)/t13-,17+/m0/s1. The Bertz CT molecular complexity index is 724. The molecule has 1 saturated carbocycles. The number of benzene rings is 1. The van der Waals surface area contributed by atoms with E-state index < -0.39 is 5.82 Å². The summed E-state index contributed by atoms with van der Waals surface area (Å²) in [7, 11) is 0. The number of nitrogens with one attached hydrogen (secondary N) is 1. The molecule has 0 spiro atoms. The van der Waals surface area contributed by atoms with Crippen molar-refractivity contribution in [1.29, 1.82) is 0 Å². The summed E-state index contributed by atoms with van der Waals surface area (Å²) in [6, 6.07) is 9.94. The van der Waals surface area contributed by atoms with E-state index in [1.54, 1.807) is 24.4 Å². The molecule has 1 aliphatic carbocycles. The highest BCUT2D eigenvalue weighted by atomic mass is 19.1. The van der Waals surface area contributed by atoms with Gasteiger partial charge in [0.25, 0.3) is 0 Å². The predicted octanol–water partition coefficient (Wildman–Crippen LogP) is 3.26. The highest BCUT2D eigenvalue weighted by Crippen LogP contribution is 2.27. The first-order valence-corrected chi connectivity index (χ1v) is 8.49. The van der Waals surface area contributed by atoms with E-state index in [1.807, 2.05) is 6.07 Å². The first kappa shape index (κ1) is 17.4. The van der Waals surface area contributed by atoms with E-state index in [0.29, 0.717) is 17.8 Å². The fourth-order valence-corrected chi connectivity index (χ4v) is 3.10. The summed E-state index contributed by atoms with van der Waals surface area (Å²) in [5.41, 5.74) is 7.12. The average Bonchev–Trinajstić information content (AvgIpc) is 3.00. The van der Waals surface area contributed by atoms with Gasteiger partial charge >= 0.3 is 0 Å². The van der Waals surface area contributed by atoms with Gasteiger partial charge in [0.15, 0.2) is 11.6 Å². The number of hydrogen-bond acceptors (Lipinski definition) is 4. The smallest absolute Gasteiger partial charge is 0.224 e. The summed E-state index contributed by atoms with van der Waals surface area (Å²) < 4.78 is 19.6. The molecule has 6 heteroatoms. The summed E-state index contributed by atoms with van der Waals surface area (Å²) in [5.74, 6) is -0.317. The zero-order valence-electron chi connectivity index (χ0n) is 14.0. The number of ether oxygens (including phenoxy) is 1. The van der Waals surface area contributed by atoms with Crippen LogP contribution in [-0.4, -0.2) is 16.9 Å². The number of nitrogens with zero attached hydrogens (tertiary/aromatic N) is 1. The van der Waals surface area contributed by atoms with Crippen LogP contribution in [0.1, 0.15) is 31.4 Å². The molecule has 0 unspecified atom stereocenters. The van der Waals surface area contributed by atoms with Crippen LogP contribution < -0.4 is 15.8 Å². The SMILES string of the molecule is N[C@@H]1CCC[C@H]1CC(=O)Nc1ccc(OCc2ccccn2)c(F)c1. The second-order valence-electron chi connectivity index (χ2n) is 6.36. The minimum atomic E-state index is -0.522. The van der Waals surface area contributed by atoms with Crippen molar-refractivity contribution < 1.29 is 13.9 Å². The Morgan fingerprint density at radius 1 is 1.32 bits per heavy atom. The van der Waals surface area contributed by atoms with E-state index in [0.717, 1.165) is 19.3 Å². The van der Waals surface area contributed by atoms with Gasteiger partial charge in [0.2, 0.25) is 5.91 Å². The van der Waals surface area contributed by atoms with Crippen molar-refractivity contribution in [1.82, 2.24) is 4.98 Å². The summed E-state index contributed by atoms with van der Waals surface area (Å²) in [6.45, 7) is 0.184. The lowest BCUT2D eigenvalue weighted by molar-refractivity contribution is -0.117. The largest absolute Gasteiger partial charge is 0.484 e. The van der Waals surface area contributed by atoms with Gasteiger partial charge in [-0.05, 0) is 43.0 Å². The maximum atomic E-state index is 14.2. The molecular formula is C19H22FN3O2. The van der Waals surface area contributed by atoms with Crippen molar-refractivity contribution in [2.24, 2.45) is 11.7 Å². The zero-order chi connectivity index (χ0) is 17.6. The molecule has 2 aromatic rings. The van der Waals surface area contributed by atoms with Crippen LogP contribution in [0.3, 0.4) is 0 Å². The van der Waals surface area contributed by atoms with E-state index in [2.05, 4.69) is 10.3 Å². The van der Waals surface area contributed by atoms with Crippen LogP contribution in [0.4, 0.5) is 10.1 Å². The van der Waals surface area contributed by atoms with E-state index >= 15 is 0 Å². The molecule has 3 N–H and O–H groups in total. The Balaban J connectivity index is 1.55. The Morgan fingerprint density at radius 3 is 2.88 bits per heavy atom. The maximum Gasteiger partial charge on any atom is 0.224 e. The molecule has 3 rings (SSSR count). The number of anilines is 1. The van der Waals surface area contributed by atoms with Crippen LogP contribution in [0.15, 0.2) is 42.6 Å². The highest BCUT2D eigenvalue weighted by Gasteiger charge is 2.26. The minimum absolute atomic E-state index is 0.0878. The molecule has 0 saturated heterocycles. The number of pyridine rings is 1. The summed E-state index contributed by atoms with van der Waals surface area (Å²) >= 11 is 0. The van der Waals surface area contributed by atoms with Crippen molar-refractivity contribution in [2.45, 2.75) is 38.3 Å². The van der Waals surface area contributed by atoms with Gasteiger partial charge in [0.1, 0.15) is 6.61 Å². The van der Waals surface area contributed by atoms with Crippen LogP contribution in [0, 0.1) is 11.7 Å². The second-order valence-corrected chi connectivity index (χ2v) is 6.36. The molecule has 0 radical (unpaired) electrons. The van der Waals surface area contributed by atoms with Gasteiger partial charge < -0.3 is 15.8 Å². The van der Waals surface area contributed by atoms with Crippen molar-refractivity contribution in [3.63, 3.8) is 0 Å². The predicted molar refractivity (Wildman–Crippen MR) is 93.5 cm³/mol. The fraction of sp³-hybridized carbons (Fsp3) is 0.368. The number of aromatic nitrogens is 1. The second kappa shape index (κ2) is 8.07. The van der Waals surface area contributed by atoms with Gasteiger partial charge in [0, 0.05) is 30.4 Å². The lowest BCUT2D eigenvalue weighted by atomic mass is 10.00. The molecule has 0 bridgehead atoms. The lowest BCUT2D eigenvalue weighted by Gasteiger charge is -2.15. The van der Waals surface area contributed by atoms with E-state index in [1.165, 1.54) is 12.1 Å². The van der Waals surface area contributed by atoms with E-state index in [-0.39, 0.29) is 30.2 Å². The van der Waals surface area contributed by atoms with Crippen LogP contribution in [0.5, 0.6) is 5.75 Å². The van der Waals surface area contributed by atoms with Crippen molar-refractivity contribution in [3.8, 4) is 5.75 Å². The fourth-order valence-electron chi connectivity index (χ4n) is 3.10. The highest BCUT2D eigenvalue weighted by molar-refractivity contribution is 5.91. The average molecular weight is 343 g/mol. The Kier molecular flexibility index (Phi) is 5.60. The molecule has 1 heterocycles. The zero-order valence-corrected chi connectivity index (χ0v) is 14.0. The lowest BCUT2D eigenvalue weighted by Crippen LogP contribution is -2.28. The number of carbonyl (C=O) groups is 1. The maximum absolute atomic E-state index is 14.2. The summed E-state index contributed by atoms with van der Waals surface area (Å²) in [5, 5.41) is 2.73. The monoisotopic (exact) mass is 343 g/mol. The molecule has 132 valence electrons. The Hall–Kier alpha value is -2.47. The number of rotatable bonds is 6. The number of amides is 1. The van der Waals surface area contributed by atoms with Crippen molar-refractivity contribution >= 4 is 11.6 Å². The normalized spacial score (nSPS) is 19.6. The molecule has 25 heavy (non-hydrogen) atoms. The first-order valence-electron chi connectivity index (χ1n) is 8.49. The van der Waals surface area contributed by atoms with Gasteiger partial charge in [-0.25, -0.2) is 4.39 Å². The van der Waals surface area contributed by atoms with E-state index in [9.17, 15) is 9.18 Å². The van der Waals surface area contributed by atoms with E-state index in [4.69, 9.17) is 10.5 Å². The molecule has 0 aliphatic heterocycles. The Morgan fingerprint density at radius 2 is 2.20 bits per heavy atom. The minimum Gasteiger partial charge on any atom is -0.484 e. The van der Waals surface area contributed by atoms with Crippen LogP contribution in [0.25, 0.3) is 0 Å². The topological polar surface area (TPSA) is 77.2 Å². The van der Waals surface area contributed by atoms with Crippen LogP contribution in [0.2, 0.25) is 0 Å². The molecule has 1 aliphatic rings. The molecule has 2 atom stereocenters. The van der Waals surface area contributed by atoms with Crippen molar-refractivity contribution in [3.05, 3.63) is 54.1 Å². The third-order valence-corrected chi connectivity index (χ3v) is 4.48. The number of halogens is 1. The molecular weight excluding hydrogens is 321 g/mol. The van der Waals surface area contributed by atoms with Crippen LogP contribution >= 0.6 is 0 Å². The summed E-state index contributed by atoms with van der Waals surface area (Å²) in [6.07, 6.45) is 5.04. The van der Waals surface area contributed by atoms with Gasteiger partial charge in [-0.2, -0.15) is 0 Å². The van der Waals surface area contributed by atoms with Crippen molar-refractivity contribution in [2.75, 3.05) is 5.32 Å². The third kappa shape index (κ3) is 4.76. The van der Waals surface area contributed by atoms with Gasteiger partial charge in [-0.15, -0.1) is 0 Å². The first-order chi connectivity index (χ1) is 12.1. The summed E-state index contributed by atoms with van der Waals surface area (Å²) in [4.78, 5) is 16.2. The number of hydrogen-bond donors (Lipinski definition) is 2. The van der Waals surface area contributed by atoms with Gasteiger partial charge in [-0.1, -0.05) is 12.5 Å². The molecule has 1 aromatic heterocycles.